The lowest BCUT2D eigenvalue weighted by Crippen LogP contribution is -2.62. The van der Waals surface area contributed by atoms with Gasteiger partial charge in [-0.25, -0.2) is 4.39 Å². The SMILES string of the molecule is CC1(C)CN(c2ccc(Cl)cc2)CCN1C(=O)C(F)Cl. The monoisotopic (exact) mass is 318 g/mol. The zero-order valence-corrected chi connectivity index (χ0v) is 13.0. The van der Waals surface area contributed by atoms with Crippen LogP contribution in [0.1, 0.15) is 13.8 Å². The third-order valence-electron chi connectivity index (χ3n) is 3.55. The van der Waals surface area contributed by atoms with Gasteiger partial charge in [0.05, 0.1) is 5.54 Å². The van der Waals surface area contributed by atoms with E-state index < -0.39 is 17.1 Å². The Balaban J connectivity index is 2.14. The highest BCUT2D eigenvalue weighted by Gasteiger charge is 2.39. The van der Waals surface area contributed by atoms with Gasteiger partial charge in [-0.05, 0) is 38.1 Å². The number of halogens is 3. The van der Waals surface area contributed by atoms with E-state index in [1.54, 1.807) is 0 Å². The van der Waals surface area contributed by atoms with Crippen LogP contribution in [0.3, 0.4) is 0 Å². The molecule has 1 fully saturated rings. The van der Waals surface area contributed by atoms with Gasteiger partial charge in [0.15, 0.2) is 0 Å². The maximum Gasteiger partial charge on any atom is 0.273 e. The molecule has 0 bridgehead atoms. The Hall–Kier alpha value is -1.00. The van der Waals surface area contributed by atoms with Gasteiger partial charge in [-0.15, -0.1) is 0 Å². The first-order chi connectivity index (χ1) is 9.31. The molecule has 2 rings (SSSR count). The van der Waals surface area contributed by atoms with Gasteiger partial charge < -0.3 is 9.80 Å². The van der Waals surface area contributed by atoms with Crippen molar-refractivity contribution in [3.63, 3.8) is 0 Å². The molecule has 1 aromatic rings. The van der Waals surface area contributed by atoms with E-state index >= 15 is 0 Å². The molecule has 0 radical (unpaired) electrons. The van der Waals surface area contributed by atoms with Gasteiger partial charge in [0, 0.05) is 30.3 Å². The van der Waals surface area contributed by atoms with Gasteiger partial charge >= 0.3 is 0 Å². The van der Waals surface area contributed by atoms with Crippen molar-refractivity contribution in [1.29, 1.82) is 0 Å². The van der Waals surface area contributed by atoms with E-state index in [1.807, 2.05) is 38.1 Å². The van der Waals surface area contributed by atoms with Crippen molar-refractivity contribution < 1.29 is 9.18 Å². The molecule has 1 aliphatic rings. The Morgan fingerprint density at radius 1 is 1.30 bits per heavy atom. The quantitative estimate of drug-likeness (QED) is 0.781. The standard InChI is InChI=1S/C14H17Cl2FN2O/c1-14(2)9-18(11-5-3-10(15)4-6-11)7-8-19(14)13(20)12(16)17/h3-6,12H,7-9H2,1-2H3. The normalized spacial score (nSPS) is 19.9. The molecule has 1 aromatic carbocycles. The summed E-state index contributed by atoms with van der Waals surface area (Å²) in [6.45, 7) is 5.52. The van der Waals surface area contributed by atoms with E-state index in [-0.39, 0.29) is 0 Å². The number of carbonyl (C=O) groups is 1. The number of anilines is 1. The van der Waals surface area contributed by atoms with E-state index in [0.29, 0.717) is 24.7 Å². The van der Waals surface area contributed by atoms with Crippen LogP contribution in [0.5, 0.6) is 0 Å². The number of rotatable bonds is 2. The molecule has 1 heterocycles. The maximum atomic E-state index is 13.0. The first-order valence-corrected chi connectivity index (χ1v) is 7.23. The van der Waals surface area contributed by atoms with Crippen molar-refractivity contribution >= 4 is 34.8 Å². The van der Waals surface area contributed by atoms with E-state index in [2.05, 4.69) is 4.90 Å². The second-order valence-electron chi connectivity index (χ2n) is 5.50. The van der Waals surface area contributed by atoms with Gasteiger partial charge in [0.2, 0.25) is 0 Å². The molecule has 1 saturated heterocycles. The number of nitrogens with zero attached hydrogens (tertiary/aromatic N) is 2. The molecular formula is C14H17Cl2FN2O. The highest BCUT2D eigenvalue weighted by Crippen LogP contribution is 2.27. The van der Waals surface area contributed by atoms with Gasteiger partial charge in [-0.3, -0.25) is 4.79 Å². The third-order valence-corrected chi connectivity index (χ3v) is 3.99. The highest BCUT2D eigenvalue weighted by atomic mass is 35.5. The van der Waals surface area contributed by atoms with Crippen molar-refractivity contribution in [2.45, 2.75) is 25.0 Å². The Labute approximate surface area is 128 Å². The topological polar surface area (TPSA) is 23.6 Å². The van der Waals surface area contributed by atoms with Crippen LogP contribution < -0.4 is 4.90 Å². The summed E-state index contributed by atoms with van der Waals surface area (Å²) >= 11 is 11.2. The predicted molar refractivity (Wildman–Crippen MR) is 80.2 cm³/mol. The van der Waals surface area contributed by atoms with Crippen LogP contribution in [0.15, 0.2) is 24.3 Å². The van der Waals surface area contributed by atoms with Crippen molar-refractivity contribution in [2.24, 2.45) is 0 Å². The second-order valence-corrected chi connectivity index (χ2v) is 6.32. The van der Waals surface area contributed by atoms with Crippen molar-refractivity contribution in [3.05, 3.63) is 29.3 Å². The summed E-state index contributed by atoms with van der Waals surface area (Å²) in [4.78, 5) is 15.4. The summed E-state index contributed by atoms with van der Waals surface area (Å²) in [5, 5.41) is 0.684. The van der Waals surface area contributed by atoms with Gasteiger partial charge in [0.1, 0.15) is 0 Å². The Kier molecular flexibility index (Phi) is 4.45. The number of benzene rings is 1. The van der Waals surface area contributed by atoms with Crippen LogP contribution >= 0.6 is 23.2 Å². The summed E-state index contributed by atoms with van der Waals surface area (Å²) in [7, 11) is 0. The van der Waals surface area contributed by atoms with Crippen LogP contribution in [0.25, 0.3) is 0 Å². The summed E-state index contributed by atoms with van der Waals surface area (Å²) in [5.74, 6) is -0.660. The van der Waals surface area contributed by atoms with Crippen LogP contribution in [0, 0.1) is 0 Å². The average molecular weight is 319 g/mol. The van der Waals surface area contributed by atoms with Crippen molar-refractivity contribution in [2.75, 3.05) is 24.5 Å². The number of hydrogen-bond acceptors (Lipinski definition) is 2. The lowest BCUT2D eigenvalue weighted by atomic mass is 9.98. The molecule has 110 valence electrons. The largest absolute Gasteiger partial charge is 0.367 e. The lowest BCUT2D eigenvalue weighted by Gasteiger charge is -2.48. The molecule has 3 nitrogen and oxygen atoms in total. The number of amides is 1. The molecule has 20 heavy (non-hydrogen) atoms. The zero-order valence-electron chi connectivity index (χ0n) is 11.4. The van der Waals surface area contributed by atoms with E-state index in [0.717, 1.165) is 5.69 Å². The van der Waals surface area contributed by atoms with Gasteiger partial charge in [-0.2, -0.15) is 0 Å². The van der Waals surface area contributed by atoms with Crippen LogP contribution in [-0.4, -0.2) is 41.6 Å². The predicted octanol–water partition coefficient (Wildman–Crippen LogP) is 3.30. The molecule has 0 spiro atoms. The van der Waals surface area contributed by atoms with Gasteiger partial charge in [0.25, 0.3) is 11.5 Å². The maximum absolute atomic E-state index is 13.0. The fourth-order valence-electron chi connectivity index (χ4n) is 2.55. The zero-order chi connectivity index (χ0) is 14.9. The number of alkyl halides is 2. The fourth-order valence-corrected chi connectivity index (χ4v) is 2.80. The minimum absolute atomic E-state index is 0.446. The first kappa shape index (κ1) is 15.4. The minimum atomic E-state index is -1.98. The molecule has 1 amide bonds. The second kappa shape index (κ2) is 5.78. The van der Waals surface area contributed by atoms with E-state index in [4.69, 9.17) is 23.2 Å². The Morgan fingerprint density at radius 3 is 2.40 bits per heavy atom. The van der Waals surface area contributed by atoms with Crippen LogP contribution in [-0.2, 0) is 4.79 Å². The molecule has 6 heteroatoms. The molecule has 1 unspecified atom stereocenters. The van der Waals surface area contributed by atoms with Crippen LogP contribution in [0.2, 0.25) is 5.02 Å². The summed E-state index contributed by atoms with van der Waals surface area (Å²) < 4.78 is 13.0. The summed E-state index contributed by atoms with van der Waals surface area (Å²) in [6, 6.07) is 7.54. The molecule has 0 saturated carbocycles. The smallest absolute Gasteiger partial charge is 0.273 e. The summed E-state index contributed by atoms with van der Waals surface area (Å²) in [6.07, 6.45) is 0. The highest BCUT2D eigenvalue weighted by molar-refractivity contribution is 6.30. The molecule has 1 aliphatic heterocycles. The summed E-state index contributed by atoms with van der Waals surface area (Å²) in [5.41, 5.74) is -1.41. The fraction of sp³-hybridized carbons (Fsp3) is 0.500. The lowest BCUT2D eigenvalue weighted by molar-refractivity contribution is -0.139. The molecule has 0 aromatic heterocycles. The van der Waals surface area contributed by atoms with E-state index in [9.17, 15) is 9.18 Å². The van der Waals surface area contributed by atoms with E-state index in [1.165, 1.54) is 4.90 Å². The number of hydrogen-bond donors (Lipinski definition) is 0. The van der Waals surface area contributed by atoms with Crippen molar-refractivity contribution in [3.8, 4) is 0 Å². The van der Waals surface area contributed by atoms with Crippen LogP contribution in [0.4, 0.5) is 10.1 Å². The van der Waals surface area contributed by atoms with Crippen molar-refractivity contribution in [1.82, 2.24) is 4.90 Å². The molecule has 0 N–H and O–H groups in total. The molecule has 1 atom stereocenters. The number of piperazine rings is 1. The van der Waals surface area contributed by atoms with Gasteiger partial charge in [-0.1, -0.05) is 23.2 Å². The Bertz CT molecular complexity index is 490. The minimum Gasteiger partial charge on any atom is -0.367 e. The average Bonchev–Trinajstić information content (AvgIpc) is 2.37. The Morgan fingerprint density at radius 2 is 1.90 bits per heavy atom. The molecule has 0 aliphatic carbocycles. The first-order valence-electron chi connectivity index (χ1n) is 6.41. The third kappa shape index (κ3) is 3.18. The number of carbonyl (C=O) groups excluding carboxylic acids is 1. The molecular weight excluding hydrogens is 302 g/mol.